The number of nitrogens with zero attached hydrogens (tertiary/aromatic N) is 1. The van der Waals surface area contributed by atoms with Crippen LogP contribution in [0.4, 0.5) is 4.79 Å². The Morgan fingerprint density at radius 1 is 1.50 bits per heavy atom. The van der Waals surface area contributed by atoms with Crippen molar-refractivity contribution in [3.63, 3.8) is 0 Å². The fourth-order valence-electron chi connectivity index (χ4n) is 2.22. The van der Waals surface area contributed by atoms with Gasteiger partial charge in [-0.25, -0.2) is 4.79 Å². The first-order valence-corrected chi connectivity index (χ1v) is 6.71. The van der Waals surface area contributed by atoms with Crippen LogP contribution < -0.4 is 5.73 Å². The van der Waals surface area contributed by atoms with Crippen LogP contribution in [0.25, 0.3) is 0 Å². The zero-order chi connectivity index (χ0) is 14.6. The number of amides is 1. The van der Waals surface area contributed by atoms with E-state index in [1.807, 2.05) is 37.3 Å². The molecule has 0 radical (unpaired) electrons. The molecule has 1 saturated heterocycles. The summed E-state index contributed by atoms with van der Waals surface area (Å²) >= 11 is 0. The molecule has 0 saturated carbocycles. The number of hydrogen-bond acceptors (Lipinski definition) is 3. The summed E-state index contributed by atoms with van der Waals surface area (Å²) in [6.07, 6.45) is 5.53. The Morgan fingerprint density at radius 3 is 2.75 bits per heavy atom. The van der Waals surface area contributed by atoms with Gasteiger partial charge in [-0.15, -0.1) is 12.3 Å². The highest BCUT2D eigenvalue weighted by Gasteiger charge is 2.41. The zero-order valence-corrected chi connectivity index (χ0v) is 11.7. The summed E-state index contributed by atoms with van der Waals surface area (Å²) in [5.41, 5.74) is 6.71. The van der Waals surface area contributed by atoms with Gasteiger partial charge in [-0.05, 0) is 12.5 Å². The second-order valence-electron chi connectivity index (χ2n) is 5.53. The van der Waals surface area contributed by atoms with E-state index in [-0.39, 0.29) is 12.0 Å². The molecule has 1 heterocycles. The van der Waals surface area contributed by atoms with Crippen molar-refractivity contribution < 1.29 is 9.53 Å². The lowest BCUT2D eigenvalue weighted by Crippen LogP contribution is -2.61. The quantitative estimate of drug-likeness (QED) is 0.853. The topological polar surface area (TPSA) is 55.6 Å². The van der Waals surface area contributed by atoms with Gasteiger partial charge in [0.25, 0.3) is 0 Å². The minimum atomic E-state index is -0.412. The van der Waals surface area contributed by atoms with Gasteiger partial charge in [0.15, 0.2) is 0 Å². The Bertz CT molecular complexity index is 499. The minimum Gasteiger partial charge on any atom is -0.445 e. The Kier molecular flexibility index (Phi) is 4.31. The highest BCUT2D eigenvalue weighted by molar-refractivity contribution is 5.68. The van der Waals surface area contributed by atoms with E-state index in [0.29, 0.717) is 26.1 Å². The van der Waals surface area contributed by atoms with Crippen molar-refractivity contribution in [3.05, 3.63) is 35.9 Å². The van der Waals surface area contributed by atoms with Crippen molar-refractivity contribution in [2.75, 3.05) is 13.1 Å². The molecule has 106 valence electrons. The number of hydrogen-bond donors (Lipinski definition) is 1. The van der Waals surface area contributed by atoms with Crippen LogP contribution in [0.2, 0.25) is 0 Å². The van der Waals surface area contributed by atoms with E-state index in [1.165, 1.54) is 0 Å². The summed E-state index contributed by atoms with van der Waals surface area (Å²) in [6.45, 7) is 3.46. The van der Waals surface area contributed by atoms with Gasteiger partial charge >= 0.3 is 6.09 Å². The number of likely N-dealkylation sites (tertiary alicyclic amines) is 1. The predicted molar refractivity (Wildman–Crippen MR) is 77.7 cm³/mol. The molecule has 1 aromatic rings. The van der Waals surface area contributed by atoms with Gasteiger partial charge in [-0.1, -0.05) is 30.3 Å². The van der Waals surface area contributed by atoms with Crippen LogP contribution in [0.5, 0.6) is 0 Å². The summed E-state index contributed by atoms with van der Waals surface area (Å²) in [5, 5.41) is 0. The van der Waals surface area contributed by atoms with Gasteiger partial charge < -0.3 is 15.4 Å². The van der Waals surface area contributed by atoms with E-state index in [9.17, 15) is 4.79 Å². The number of carbonyl (C=O) groups is 1. The monoisotopic (exact) mass is 272 g/mol. The van der Waals surface area contributed by atoms with Gasteiger partial charge in [0, 0.05) is 31.0 Å². The van der Waals surface area contributed by atoms with Crippen LogP contribution in [0.1, 0.15) is 18.9 Å². The van der Waals surface area contributed by atoms with Crippen molar-refractivity contribution >= 4 is 6.09 Å². The first kappa shape index (κ1) is 14.4. The van der Waals surface area contributed by atoms with Crippen molar-refractivity contribution in [1.82, 2.24) is 4.90 Å². The number of ether oxygens (including phenoxy) is 1. The second-order valence-corrected chi connectivity index (χ2v) is 5.53. The molecule has 1 fully saturated rings. The average molecular weight is 272 g/mol. The maximum Gasteiger partial charge on any atom is 0.410 e. The number of terminal acetylenes is 1. The first-order chi connectivity index (χ1) is 9.53. The molecule has 2 N–H and O–H groups in total. The Balaban J connectivity index is 1.76. The molecule has 20 heavy (non-hydrogen) atoms. The number of benzene rings is 1. The second kappa shape index (κ2) is 5.98. The van der Waals surface area contributed by atoms with Crippen molar-refractivity contribution in [2.45, 2.75) is 25.5 Å². The molecule has 0 bridgehead atoms. The van der Waals surface area contributed by atoms with Gasteiger partial charge in [-0.2, -0.15) is 0 Å². The van der Waals surface area contributed by atoms with Gasteiger partial charge in [0.2, 0.25) is 0 Å². The summed E-state index contributed by atoms with van der Waals surface area (Å²) < 4.78 is 5.26. The molecule has 1 unspecified atom stereocenters. The number of nitrogens with two attached hydrogens (primary N) is 1. The standard InChI is InChI=1S/C16H20N2O2/c1-3-9-16(2,17)14-10-18(11-14)15(19)20-12-13-7-5-4-6-8-13/h1,4-8,14H,9-12,17H2,2H3. The van der Waals surface area contributed by atoms with E-state index in [0.717, 1.165) is 5.56 Å². The number of rotatable bonds is 4. The van der Waals surface area contributed by atoms with Crippen LogP contribution in [0.3, 0.4) is 0 Å². The molecule has 1 aliphatic rings. The molecule has 4 heteroatoms. The maximum absolute atomic E-state index is 11.9. The Labute approximate surface area is 119 Å². The van der Waals surface area contributed by atoms with Crippen LogP contribution in [-0.4, -0.2) is 29.6 Å². The first-order valence-electron chi connectivity index (χ1n) is 6.71. The molecular formula is C16H20N2O2. The SMILES string of the molecule is C#CCC(C)(N)C1CN(C(=O)OCc2ccccc2)C1. The van der Waals surface area contributed by atoms with Gasteiger partial charge in [0.1, 0.15) is 6.61 Å². The van der Waals surface area contributed by atoms with Crippen molar-refractivity contribution in [1.29, 1.82) is 0 Å². The van der Waals surface area contributed by atoms with E-state index < -0.39 is 5.54 Å². The maximum atomic E-state index is 11.9. The lowest BCUT2D eigenvalue weighted by molar-refractivity contribution is 0.0267. The minimum absolute atomic E-state index is 0.239. The predicted octanol–water partition coefficient (Wildman–Crippen LogP) is 2.00. The molecule has 1 aliphatic heterocycles. The molecule has 1 atom stereocenters. The highest BCUT2D eigenvalue weighted by atomic mass is 16.6. The lowest BCUT2D eigenvalue weighted by atomic mass is 9.79. The molecule has 0 aliphatic carbocycles. The van der Waals surface area contributed by atoms with Crippen molar-refractivity contribution in [3.8, 4) is 12.3 Å². The lowest BCUT2D eigenvalue weighted by Gasteiger charge is -2.46. The summed E-state index contributed by atoms with van der Waals surface area (Å²) in [5.74, 6) is 2.83. The fourth-order valence-corrected chi connectivity index (χ4v) is 2.22. The van der Waals surface area contributed by atoms with Crippen LogP contribution in [0, 0.1) is 18.3 Å². The highest BCUT2D eigenvalue weighted by Crippen LogP contribution is 2.28. The third-order valence-corrected chi connectivity index (χ3v) is 3.76. The Morgan fingerprint density at radius 2 is 2.15 bits per heavy atom. The molecule has 0 aromatic heterocycles. The van der Waals surface area contributed by atoms with E-state index >= 15 is 0 Å². The molecule has 1 aromatic carbocycles. The van der Waals surface area contributed by atoms with Crippen LogP contribution in [-0.2, 0) is 11.3 Å². The number of carbonyl (C=O) groups excluding carboxylic acids is 1. The molecule has 2 rings (SSSR count). The van der Waals surface area contributed by atoms with Crippen LogP contribution >= 0.6 is 0 Å². The van der Waals surface area contributed by atoms with Crippen molar-refractivity contribution in [2.24, 2.45) is 11.7 Å². The summed E-state index contributed by atoms with van der Waals surface area (Å²) in [7, 11) is 0. The normalized spacial score (nSPS) is 17.8. The fraction of sp³-hybridized carbons (Fsp3) is 0.438. The largest absolute Gasteiger partial charge is 0.445 e. The molecule has 4 nitrogen and oxygen atoms in total. The third kappa shape index (κ3) is 3.31. The van der Waals surface area contributed by atoms with Crippen LogP contribution in [0.15, 0.2) is 30.3 Å². The molecule has 0 spiro atoms. The average Bonchev–Trinajstić information content (AvgIpc) is 2.35. The third-order valence-electron chi connectivity index (χ3n) is 3.76. The zero-order valence-electron chi connectivity index (χ0n) is 11.7. The van der Waals surface area contributed by atoms with E-state index in [1.54, 1.807) is 4.90 Å². The van der Waals surface area contributed by atoms with Gasteiger partial charge in [0.05, 0.1) is 0 Å². The van der Waals surface area contributed by atoms with E-state index in [4.69, 9.17) is 16.9 Å². The summed E-state index contributed by atoms with van der Waals surface area (Å²) in [6, 6.07) is 9.62. The van der Waals surface area contributed by atoms with Gasteiger partial charge in [-0.3, -0.25) is 0 Å². The smallest absolute Gasteiger partial charge is 0.410 e. The van der Waals surface area contributed by atoms with E-state index in [2.05, 4.69) is 5.92 Å². The summed E-state index contributed by atoms with van der Waals surface area (Å²) in [4.78, 5) is 13.5. The molecular weight excluding hydrogens is 252 g/mol. The Hall–Kier alpha value is -1.99. The molecule has 1 amide bonds.